The first-order valence-electron chi connectivity index (χ1n) is 8.18. The minimum atomic E-state index is 0.575. The summed E-state index contributed by atoms with van der Waals surface area (Å²) in [5.74, 6) is 0.710. The Morgan fingerprint density at radius 3 is 2.11 bits per heavy atom. The Morgan fingerprint density at radius 2 is 1.63 bits per heavy atom. The van der Waals surface area contributed by atoms with Crippen molar-refractivity contribution >= 4 is 0 Å². The van der Waals surface area contributed by atoms with E-state index in [1.807, 2.05) is 0 Å². The average Bonchev–Trinajstić information content (AvgIpc) is 2.34. The van der Waals surface area contributed by atoms with Gasteiger partial charge in [-0.3, -0.25) is 0 Å². The molecule has 0 heterocycles. The zero-order valence-electron chi connectivity index (χ0n) is 14.3. The maximum atomic E-state index is 3.57. The Kier molecular flexibility index (Phi) is 6.32. The first kappa shape index (κ1) is 17.0. The van der Waals surface area contributed by atoms with Gasteiger partial charge in [-0.2, -0.15) is 0 Å². The minimum Gasteiger partial charge on any atom is -0.314 e. The monoisotopic (exact) mass is 268 g/mol. The first-order chi connectivity index (χ1) is 8.73. The van der Waals surface area contributed by atoms with Crippen LogP contribution in [0.4, 0.5) is 0 Å². The summed E-state index contributed by atoms with van der Waals surface area (Å²) in [4.78, 5) is 2.64. The first-order valence-corrected chi connectivity index (χ1v) is 8.18. The number of hydrogen-bond acceptors (Lipinski definition) is 2. The molecule has 1 N–H and O–H groups in total. The Balaban J connectivity index is 2.41. The molecule has 1 saturated carbocycles. The number of hydrogen-bond donors (Lipinski definition) is 1. The molecule has 1 fully saturated rings. The Bertz CT molecular complexity index is 250. The molecule has 2 atom stereocenters. The molecule has 0 radical (unpaired) electrons. The molecular formula is C17H36N2. The lowest BCUT2D eigenvalue weighted by atomic mass is 9.75. The fraction of sp³-hybridized carbons (Fsp3) is 1.00. The lowest BCUT2D eigenvalue weighted by Gasteiger charge is -2.42. The Morgan fingerprint density at radius 1 is 1.11 bits per heavy atom. The van der Waals surface area contributed by atoms with E-state index >= 15 is 0 Å². The lowest BCUT2D eigenvalue weighted by Crippen LogP contribution is -2.47. The van der Waals surface area contributed by atoms with Gasteiger partial charge in [0.2, 0.25) is 0 Å². The van der Waals surface area contributed by atoms with Crippen molar-refractivity contribution in [1.82, 2.24) is 10.2 Å². The van der Waals surface area contributed by atoms with Crippen LogP contribution in [0.3, 0.4) is 0 Å². The zero-order chi connectivity index (χ0) is 14.6. The van der Waals surface area contributed by atoms with Gasteiger partial charge < -0.3 is 10.2 Å². The van der Waals surface area contributed by atoms with Gasteiger partial charge in [0, 0.05) is 18.1 Å². The van der Waals surface area contributed by atoms with E-state index in [0.717, 1.165) is 12.6 Å². The predicted octanol–water partition coefficient (Wildman–Crippen LogP) is 3.91. The quantitative estimate of drug-likeness (QED) is 0.786. The molecule has 114 valence electrons. The van der Waals surface area contributed by atoms with Crippen LogP contribution in [0.15, 0.2) is 0 Å². The van der Waals surface area contributed by atoms with E-state index in [-0.39, 0.29) is 0 Å². The van der Waals surface area contributed by atoms with E-state index in [2.05, 4.69) is 58.8 Å². The normalized spacial score (nSPS) is 23.8. The van der Waals surface area contributed by atoms with Crippen molar-refractivity contribution in [2.24, 2.45) is 11.3 Å². The van der Waals surface area contributed by atoms with E-state index in [9.17, 15) is 0 Å². The molecular weight excluding hydrogens is 232 g/mol. The van der Waals surface area contributed by atoms with Gasteiger partial charge in [0.15, 0.2) is 0 Å². The van der Waals surface area contributed by atoms with Crippen LogP contribution in [0, 0.1) is 11.3 Å². The van der Waals surface area contributed by atoms with Crippen molar-refractivity contribution in [3.05, 3.63) is 0 Å². The highest BCUT2D eigenvalue weighted by molar-refractivity contribution is 4.86. The third-order valence-electron chi connectivity index (χ3n) is 5.20. The highest BCUT2D eigenvalue weighted by atomic mass is 15.2. The van der Waals surface area contributed by atoms with Gasteiger partial charge in [-0.15, -0.1) is 0 Å². The maximum absolute atomic E-state index is 3.57. The van der Waals surface area contributed by atoms with Gasteiger partial charge in [-0.05, 0) is 57.5 Å². The maximum Gasteiger partial charge on any atom is 0.0105 e. The van der Waals surface area contributed by atoms with E-state index in [1.165, 1.54) is 25.7 Å². The molecule has 1 aliphatic carbocycles. The van der Waals surface area contributed by atoms with Crippen LogP contribution in [0.5, 0.6) is 0 Å². The molecule has 0 spiro atoms. The molecule has 19 heavy (non-hydrogen) atoms. The molecule has 2 nitrogen and oxygen atoms in total. The van der Waals surface area contributed by atoms with Gasteiger partial charge in [0.25, 0.3) is 0 Å². The smallest absolute Gasteiger partial charge is 0.0105 e. The molecule has 2 unspecified atom stereocenters. The molecule has 0 bridgehead atoms. The number of rotatable bonds is 6. The summed E-state index contributed by atoms with van der Waals surface area (Å²) in [6.45, 7) is 15.2. The van der Waals surface area contributed by atoms with Gasteiger partial charge in [0.1, 0.15) is 0 Å². The topological polar surface area (TPSA) is 15.3 Å². The van der Waals surface area contributed by atoms with Gasteiger partial charge in [-0.1, -0.05) is 34.6 Å². The largest absolute Gasteiger partial charge is 0.314 e. The molecule has 0 aromatic heterocycles. The van der Waals surface area contributed by atoms with E-state index in [1.54, 1.807) is 0 Å². The SMILES string of the molecule is CC(C)NCC(C)C(C)N(C)C1CCC(C)(C)CC1. The second-order valence-electron chi connectivity index (χ2n) is 7.84. The van der Waals surface area contributed by atoms with Gasteiger partial charge in [-0.25, -0.2) is 0 Å². The fourth-order valence-corrected chi connectivity index (χ4v) is 3.12. The fourth-order valence-electron chi connectivity index (χ4n) is 3.12. The summed E-state index contributed by atoms with van der Waals surface area (Å²) in [6, 6.07) is 2.05. The van der Waals surface area contributed by atoms with Crippen molar-refractivity contribution in [2.45, 2.75) is 85.4 Å². The van der Waals surface area contributed by atoms with Crippen LogP contribution >= 0.6 is 0 Å². The summed E-state index contributed by atoms with van der Waals surface area (Å²) < 4.78 is 0. The molecule has 0 aromatic carbocycles. The Labute approximate surface area is 121 Å². The summed E-state index contributed by atoms with van der Waals surface area (Å²) >= 11 is 0. The van der Waals surface area contributed by atoms with Gasteiger partial charge >= 0.3 is 0 Å². The molecule has 0 aromatic rings. The lowest BCUT2D eigenvalue weighted by molar-refractivity contribution is 0.0792. The highest BCUT2D eigenvalue weighted by Gasteiger charge is 2.31. The van der Waals surface area contributed by atoms with E-state index in [0.29, 0.717) is 23.4 Å². The van der Waals surface area contributed by atoms with Crippen LogP contribution in [-0.4, -0.2) is 36.6 Å². The van der Waals surface area contributed by atoms with Crippen molar-refractivity contribution in [3.63, 3.8) is 0 Å². The average molecular weight is 268 g/mol. The Hall–Kier alpha value is -0.0800. The van der Waals surface area contributed by atoms with Gasteiger partial charge in [0.05, 0.1) is 0 Å². The third kappa shape index (κ3) is 5.43. The summed E-state index contributed by atoms with van der Waals surface area (Å²) in [5, 5.41) is 3.57. The summed E-state index contributed by atoms with van der Waals surface area (Å²) in [6.07, 6.45) is 5.51. The molecule has 0 aliphatic heterocycles. The van der Waals surface area contributed by atoms with Crippen molar-refractivity contribution in [3.8, 4) is 0 Å². The predicted molar refractivity (Wildman–Crippen MR) is 85.6 cm³/mol. The van der Waals surface area contributed by atoms with Crippen LogP contribution in [-0.2, 0) is 0 Å². The number of nitrogens with zero attached hydrogens (tertiary/aromatic N) is 1. The second kappa shape index (κ2) is 7.08. The third-order valence-corrected chi connectivity index (χ3v) is 5.20. The molecule has 1 rings (SSSR count). The van der Waals surface area contributed by atoms with Crippen LogP contribution < -0.4 is 5.32 Å². The van der Waals surface area contributed by atoms with E-state index < -0.39 is 0 Å². The van der Waals surface area contributed by atoms with Crippen LogP contribution in [0.1, 0.15) is 67.2 Å². The molecule has 0 amide bonds. The zero-order valence-corrected chi connectivity index (χ0v) is 14.3. The van der Waals surface area contributed by atoms with Crippen LogP contribution in [0.2, 0.25) is 0 Å². The van der Waals surface area contributed by atoms with Crippen LogP contribution in [0.25, 0.3) is 0 Å². The molecule has 0 saturated heterocycles. The summed E-state index contributed by atoms with van der Waals surface area (Å²) in [7, 11) is 2.33. The summed E-state index contributed by atoms with van der Waals surface area (Å²) in [5.41, 5.74) is 0.575. The molecule has 1 aliphatic rings. The second-order valence-corrected chi connectivity index (χ2v) is 7.84. The van der Waals surface area contributed by atoms with Crippen molar-refractivity contribution < 1.29 is 0 Å². The minimum absolute atomic E-state index is 0.575. The highest BCUT2D eigenvalue weighted by Crippen LogP contribution is 2.37. The number of nitrogens with one attached hydrogen (secondary N) is 1. The standard InChI is InChI=1S/C17H36N2/c1-13(2)18-12-14(3)15(4)19(7)16-8-10-17(5,6)11-9-16/h13-16,18H,8-12H2,1-7H3. The van der Waals surface area contributed by atoms with Crippen molar-refractivity contribution in [2.75, 3.05) is 13.6 Å². The van der Waals surface area contributed by atoms with E-state index in [4.69, 9.17) is 0 Å². The molecule has 2 heteroatoms. The van der Waals surface area contributed by atoms with Crippen molar-refractivity contribution in [1.29, 1.82) is 0 Å².